The Hall–Kier alpha value is -4.66. The predicted molar refractivity (Wildman–Crippen MR) is 149 cm³/mol. The summed E-state index contributed by atoms with van der Waals surface area (Å²) in [4.78, 5) is 44.2. The van der Waals surface area contributed by atoms with Crippen molar-refractivity contribution in [3.63, 3.8) is 0 Å². The largest absolute Gasteiger partial charge is 0.368 e. The zero-order valence-electron chi connectivity index (χ0n) is 21.9. The molecule has 3 heterocycles. The maximum absolute atomic E-state index is 14.3. The van der Waals surface area contributed by atoms with Crippen LogP contribution in [0.2, 0.25) is 0 Å². The van der Waals surface area contributed by atoms with Crippen molar-refractivity contribution in [2.75, 3.05) is 38.1 Å². The van der Waals surface area contributed by atoms with Crippen molar-refractivity contribution in [3.8, 4) is 0 Å². The highest BCUT2D eigenvalue weighted by atomic mass is 16.6. The predicted octanol–water partition coefficient (Wildman–Crippen LogP) is 4.35. The Balaban J connectivity index is 1.33. The molecule has 1 fully saturated rings. The molecular formula is C30H29N5O4. The summed E-state index contributed by atoms with van der Waals surface area (Å²) in [7, 11) is 3.77. The monoisotopic (exact) mass is 523 g/mol. The van der Waals surface area contributed by atoms with Gasteiger partial charge in [0.15, 0.2) is 0 Å². The number of carbonyl (C=O) groups excluding carboxylic acids is 2. The Kier molecular flexibility index (Phi) is 6.06. The number of amides is 2. The van der Waals surface area contributed by atoms with E-state index in [0.717, 1.165) is 27.7 Å². The van der Waals surface area contributed by atoms with Gasteiger partial charge in [-0.2, -0.15) is 0 Å². The lowest BCUT2D eigenvalue weighted by Gasteiger charge is -2.43. The Morgan fingerprint density at radius 2 is 1.54 bits per heavy atom. The molecule has 0 bridgehead atoms. The van der Waals surface area contributed by atoms with Gasteiger partial charge in [0.05, 0.1) is 16.9 Å². The standard InChI is InChI=1S/C30H29N5O4/c1-31-19-25(22-7-5-6-10-26(22)31)28-27(23-8-3-4-9-24(23)29(36)32(28)2)30(37)34-17-15-33(16-18-34)20-11-13-21(14-12-20)35(38)39/h3-14,19,27-28H,15-18H2,1-2H3. The highest BCUT2D eigenvalue weighted by Crippen LogP contribution is 2.45. The molecule has 1 aromatic heterocycles. The molecule has 1 saturated heterocycles. The van der Waals surface area contributed by atoms with Crippen LogP contribution < -0.4 is 4.90 Å². The van der Waals surface area contributed by atoms with Crippen molar-refractivity contribution >= 4 is 34.1 Å². The molecule has 4 aromatic rings. The SMILES string of the molecule is CN1C(=O)c2ccccc2C(C(=O)N2CCN(c3ccc([N+](=O)[O-])cc3)CC2)C1c1cn(C)c2ccccc12. The van der Waals surface area contributed by atoms with Gasteiger partial charge in [0.25, 0.3) is 11.6 Å². The third kappa shape index (κ3) is 4.10. The quantitative estimate of drug-likeness (QED) is 0.293. The highest BCUT2D eigenvalue weighted by Gasteiger charge is 2.45. The number of likely N-dealkylation sites (N-methyl/N-ethyl adjacent to an activating group) is 1. The maximum Gasteiger partial charge on any atom is 0.269 e. The van der Waals surface area contributed by atoms with Crippen LogP contribution in [-0.4, -0.2) is 64.3 Å². The highest BCUT2D eigenvalue weighted by molar-refractivity contribution is 6.02. The van der Waals surface area contributed by atoms with Gasteiger partial charge in [-0.05, 0) is 29.8 Å². The first kappa shape index (κ1) is 24.7. The molecule has 2 aliphatic rings. The van der Waals surface area contributed by atoms with Crippen LogP contribution in [0.25, 0.3) is 10.9 Å². The van der Waals surface area contributed by atoms with E-state index in [-0.39, 0.29) is 17.5 Å². The minimum absolute atomic E-state index is 0.00286. The van der Waals surface area contributed by atoms with Gasteiger partial charge in [-0.15, -0.1) is 0 Å². The fraction of sp³-hybridized carbons (Fsp3) is 0.267. The number of rotatable bonds is 4. The molecule has 2 aliphatic heterocycles. The summed E-state index contributed by atoms with van der Waals surface area (Å²) in [6.07, 6.45) is 2.04. The second-order valence-corrected chi connectivity index (χ2v) is 10.2. The fourth-order valence-corrected chi connectivity index (χ4v) is 6.10. The van der Waals surface area contributed by atoms with E-state index in [9.17, 15) is 19.7 Å². The molecule has 0 aliphatic carbocycles. The Bertz CT molecular complexity index is 1590. The number of hydrogen-bond donors (Lipinski definition) is 0. The van der Waals surface area contributed by atoms with Crippen molar-refractivity contribution in [3.05, 3.63) is 106 Å². The second-order valence-electron chi connectivity index (χ2n) is 10.2. The molecule has 9 nitrogen and oxygen atoms in total. The molecule has 0 radical (unpaired) electrons. The van der Waals surface area contributed by atoms with E-state index in [1.165, 1.54) is 12.1 Å². The van der Waals surface area contributed by atoms with Crippen LogP contribution in [0.4, 0.5) is 11.4 Å². The number of non-ortho nitro benzene ring substituents is 1. The number of nitro benzene ring substituents is 1. The molecule has 9 heteroatoms. The fourth-order valence-electron chi connectivity index (χ4n) is 6.10. The van der Waals surface area contributed by atoms with Gasteiger partial charge in [-0.1, -0.05) is 36.4 Å². The third-order valence-corrected chi connectivity index (χ3v) is 8.11. The van der Waals surface area contributed by atoms with Crippen LogP contribution in [0.3, 0.4) is 0 Å². The number of hydrogen-bond acceptors (Lipinski definition) is 5. The van der Waals surface area contributed by atoms with Crippen molar-refractivity contribution in [2.24, 2.45) is 7.05 Å². The summed E-state index contributed by atoms with van der Waals surface area (Å²) in [6.45, 7) is 2.28. The van der Waals surface area contributed by atoms with E-state index in [0.29, 0.717) is 31.7 Å². The summed E-state index contributed by atoms with van der Waals surface area (Å²) >= 11 is 0. The van der Waals surface area contributed by atoms with E-state index < -0.39 is 16.9 Å². The van der Waals surface area contributed by atoms with Crippen LogP contribution in [0, 0.1) is 10.1 Å². The molecule has 2 amide bonds. The number of aryl methyl sites for hydroxylation is 1. The normalized spacial score (nSPS) is 19.3. The lowest BCUT2D eigenvalue weighted by Crippen LogP contribution is -2.53. The molecular weight excluding hydrogens is 494 g/mol. The number of benzene rings is 3. The molecule has 2 unspecified atom stereocenters. The Morgan fingerprint density at radius 1 is 0.872 bits per heavy atom. The number of nitro groups is 1. The molecule has 6 rings (SSSR count). The lowest BCUT2D eigenvalue weighted by atomic mass is 9.79. The summed E-state index contributed by atoms with van der Waals surface area (Å²) in [6, 6.07) is 21.6. The van der Waals surface area contributed by atoms with Gasteiger partial charge in [-0.25, -0.2) is 0 Å². The number of para-hydroxylation sites is 1. The van der Waals surface area contributed by atoms with E-state index in [1.807, 2.05) is 65.2 Å². The molecule has 0 spiro atoms. The minimum Gasteiger partial charge on any atom is -0.368 e. The average Bonchev–Trinajstić information content (AvgIpc) is 3.30. The van der Waals surface area contributed by atoms with Gasteiger partial charge in [0.2, 0.25) is 5.91 Å². The van der Waals surface area contributed by atoms with Crippen molar-refractivity contribution < 1.29 is 14.5 Å². The van der Waals surface area contributed by atoms with E-state index >= 15 is 0 Å². The number of fused-ring (bicyclic) bond motifs is 2. The zero-order valence-corrected chi connectivity index (χ0v) is 21.9. The van der Waals surface area contributed by atoms with Gasteiger partial charge in [0.1, 0.15) is 0 Å². The summed E-state index contributed by atoms with van der Waals surface area (Å²) < 4.78 is 2.05. The Morgan fingerprint density at radius 3 is 2.26 bits per heavy atom. The van der Waals surface area contributed by atoms with Gasteiger partial charge in [-0.3, -0.25) is 19.7 Å². The van der Waals surface area contributed by atoms with E-state index in [2.05, 4.69) is 4.90 Å². The first-order valence-electron chi connectivity index (χ1n) is 13.0. The van der Waals surface area contributed by atoms with Gasteiger partial charge < -0.3 is 19.3 Å². The average molecular weight is 524 g/mol. The number of carbonyl (C=O) groups is 2. The number of anilines is 1. The summed E-state index contributed by atoms with van der Waals surface area (Å²) in [5.74, 6) is -0.626. The van der Waals surface area contributed by atoms with E-state index in [4.69, 9.17) is 0 Å². The molecule has 198 valence electrons. The molecule has 2 atom stereocenters. The van der Waals surface area contributed by atoms with Crippen molar-refractivity contribution in [1.29, 1.82) is 0 Å². The first-order chi connectivity index (χ1) is 18.8. The number of aromatic nitrogens is 1. The summed E-state index contributed by atoms with van der Waals surface area (Å²) in [5.41, 5.74) is 4.30. The van der Waals surface area contributed by atoms with Crippen LogP contribution in [-0.2, 0) is 11.8 Å². The smallest absolute Gasteiger partial charge is 0.269 e. The van der Waals surface area contributed by atoms with Gasteiger partial charge in [0, 0.05) is 86.3 Å². The molecule has 0 N–H and O–H groups in total. The van der Waals surface area contributed by atoms with Crippen molar-refractivity contribution in [2.45, 2.75) is 12.0 Å². The Labute approximate surface area is 226 Å². The van der Waals surface area contributed by atoms with Crippen LogP contribution >= 0.6 is 0 Å². The first-order valence-corrected chi connectivity index (χ1v) is 13.0. The van der Waals surface area contributed by atoms with Crippen LogP contribution in [0.5, 0.6) is 0 Å². The zero-order chi connectivity index (χ0) is 27.3. The topological polar surface area (TPSA) is 91.9 Å². The maximum atomic E-state index is 14.3. The van der Waals surface area contributed by atoms with Gasteiger partial charge >= 0.3 is 0 Å². The number of piperazine rings is 1. The number of nitrogens with zero attached hydrogens (tertiary/aromatic N) is 5. The minimum atomic E-state index is -0.541. The lowest BCUT2D eigenvalue weighted by molar-refractivity contribution is -0.384. The van der Waals surface area contributed by atoms with Crippen LogP contribution in [0.15, 0.2) is 79.0 Å². The molecule has 3 aromatic carbocycles. The molecule has 39 heavy (non-hydrogen) atoms. The second kappa shape index (κ2) is 9.58. The van der Waals surface area contributed by atoms with Crippen molar-refractivity contribution in [1.82, 2.24) is 14.4 Å². The van der Waals surface area contributed by atoms with Crippen LogP contribution in [0.1, 0.15) is 33.4 Å². The summed E-state index contributed by atoms with van der Waals surface area (Å²) in [5, 5.41) is 12.0. The van der Waals surface area contributed by atoms with E-state index in [1.54, 1.807) is 30.1 Å². The molecule has 0 saturated carbocycles. The third-order valence-electron chi connectivity index (χ3n) is 8.11.